The second kappa shape index (κ2) is 5.56. The summed E-state index contributed by atoms with van der Waals surface area (Å²) in [6, 6.07) is 8.79. The molecule has 0 radical (unpaired) electrons. The van der Waals surface area contributed by atoms with E-state index in [0.29, 0.717) is 11.3 Å². The van der Waals surface area contributed by atoms with Gasteiger partial charge in [0.1, 0.15) is 11.8 Å². The third-order valence-corrected chi connectivity index (χ3v) is 1.98. The van der Waals surface area contributed by atoms with Crippen LogP contribution < -0.4 is 4.74 Å². The molecule has 0 aliphatic rings. The number of carbonyl (C=O) groups is 1. The van der Waals surface area contributed by atoms with E-state index >= 15 is 0 Å². The summed E-state index contributed by atoms with van der Waals surface area (Å²) in [5, 5.41) is 8.89. The van der Waals surface area contributed by atoms with E-state index in [2.05, 4.69) is 4.74 Å². The van der Waals surface area contributed by atoms with Gasteiger partial charge in [0.05, 0.1) is 19.8 Å². The van der Waals surface area contributed by atoms with Crippen LogP contribution in [-0.4, -0.2) is 20.2 Å². The normalized spacial score (nSPS) is 10.4. The van der Waals surface area contributed by atoms with E-state index in [1.54, 1.807) is 31.4 Å². The Morgan fingerprint density at radius 3 is 2.38 bits per heavy atom. The Kier molecular flexibility index (Phi) is 4.10. The molecule has 0 heterocycles. The predicted molar refractivity (Wildman–Crippen MR) is 58.6 cm³/mol. The number of nitrogens with zero attached hydrogens (tertiary/aromatic N) is 1. The van der Waals surface area contributed by atoms with Gasteiger partial charge in [-0.25, -0.2) is 4.79 Å². The van der Waals surface area contributed by atoms with E-state index in [9.17, 15) is 4.79 Å². The van der Waals surface area contributed by atoms with Gasteiger partial charge in [0.2, 0.25) is 0 Å². The first-order chi connectivity index (χ1) is 7.71. The maximum atomic E-state index is 11.0. The van der Waals surface area contributed by atoms with Crippen molar-refractivity contribution in [2.45, 2.75) is 0 Å². The van der Waals surface area contributed by atoms with Crippen molar-refractivity contribution < 1.29 is 14.3 Å². The van der Waals surface area contributed by atoms with Crippen molar-refractivity contribution in [3.8, 4) is 11.8 Å². The van der Waals surface area contributed by atoms with Crippen molar-refractivity contribution in [2.24, 2.45) is 0 Å². The van der Waals surface area contributed by atoms with Crippen LogP contribution in [-0.2, 0) is 9.53 Å². The molecule has 0 saturated carbocycles. The van der Waals surface area contributed by atoms with Gasteiger partial charge in [-0.2, -0.15) is 5.26 Å². The van der Waals surface area contributed by atoms with Gasteiger partial charge in [-0.15, -0.1) is 0 Å². The number of rotatable bonds is 3. The lowest BCUT2D eigenvalue weighted by Gasteiger charge is -2.01. The highest BCUT2D eigenvalue weighted by molar-refractivity contribution is 5.95. The zero-order valence-corrected chi connectivity index (χ0v) is 9.06. The lowest BCUT2D eigenvalue weighted by molar-refractivity contribution is -0.134. The van der Waals surface area contributed by atoms with Crippen molar-refractivity contribution in [3.05, 3.63) is 35.9 Å². The van der Waals surface area contributed by atoms with Crippen molar-refractivity contribution in [1.82, 2.24) is 0 Å². The summed E-state index contributed by atoms with van der Waals surface area (Å²) >= 11 is 0. The summed E-state index contributed by atoms with van der Waals surface area (Å²) in [5.41, 5.74) is 0.906. The van der Waals surface area contributed by atoms with Gasteiger partial charge in [-0.3, -0.25) is 0 Å². The Labute approximate surface area is 93.7 Å². The molecule has 0 N–H and O–H groups in total. The molecule has 1 rings (SSSR count). The maximum absolute atomic E-state index is 11.0. The monoisotopic (exact) mass is 217 g/mol. The molecule has 0 aliphatic heterocycles. The highest BCUT2D eigenvalue weighted by Gasteiger charge is 2.04. The van der Waals surface area contributed by atoms with Crippen molar-refractivity contribution in [3.63, 3.8) is 0 Å². The lowest BCUT2D eigenvalue weighted by atomic mass is 10.1. The molecule has 1 aromatic rings. The molecule has 0 amide bonds. The first-order valence-corrected chi connectivity index (χ1v) is 4.55. The average molecular weight is 217 g/mol. The molecule has 1 aromatic carbocycles. The van der Waals surface area contributed by atoms with Crippen LogP contribution in [0.4, 0.5) is 0 Å². The molecule has 4 nitrogen and oxygen atoms in total. The van der Waals surface area contributed by atoms with E-state index in [-0.39, 0.29) is 5.57 Å². The Morgan fingerprint density at radius 2 is 1.94 bits per heavy atom. The maximum Gasteiger partial charge on any atom is 0.331 e. The number of hydrogen-bond acceptors (Lipinski definition) is 4. The number of esters is 1. The van der Waals surface area contributed by atoms with E-state index in [4.69, 9.17) is 10.00 Å². The van der Waals surface area contributed by atoms with Crippen LogP contribution in [0.25, 0.3) is 5.57 Å². The second-order valence-electron chi connectivity index (χ2n) is 2.92. The van der Waals surface area contributed by atoms with Gasteiger partial charge < -0.3 is 9.47 Å². The fourth-order valence-electron chi connectivity index (χ4n) is 1.13. The first kappa shape index (κ1) is 11.8. The minimum absolute atomic E-state index is 0.259. The molecule has 0 unspecified atom stereocenters. The SMILES string of the molecule is COC(=O)/C=C(\C#N)c1ccc(OC)cc1. The molecule has 4 heteroatoms. The zero-order chi connectivity index (χ0) is 12.0. The summed E-state index contributed by atoms with van der Waals surface area (Å²) in [4.78, 5) is 11.0. The summed E-state index contributed by atoms with van der Waals surface area (Å²) in [6.45, 7) is 0. The molecule has 0 aliphatic carbocycles. The van der Waals surface area contributed by atoms with Gasteiger partial charge in [-0.1, -0.05) is 0 Å². The molecule has 0 bridgehead atoms. The topological polar surface area (TPSA) is 59.3 Å². The van der Waals surface area contributed by atoms with Gasteiger partial charge in [-0.05, 0) is 29.8 Å². The van der Waals surface area contributed by atoms with Crippen LogP contribution in [0.3, 0.4) is 0 Å². The van der Waals surface area contributed by atoms with Crippen molar-refractivity contribution >= 4 is 11.5 Å². The van der Waals surface area contributed by atoms with Crippen LogP contribution in [0, 0.1) is 11.3 Å². The van der Waals surface area contributed by atoms with E-state index in [1.807, 2.05) is 6.07 Å². The Balaban J connectivity index is 3.01. The van der Waals surface area contributed by atoms with Gasteiger partial charge >= 0.3 is 5.97 Å². The number of nitriles is 1. The average Bonchev–Trinajstić information content (AvgIpc) is 2.35. The summed E-state index contributed by atoms with van der Waals surface area (Å²) in [7, 11) is 2.83. The fraction of sp³-hybridized carbons (Fsp3) is 0.167. The highest BCUT2D eigenvalue weighted by atomic mass is 16.5. The number of carbonyl (C=O) groups excluding carboxylic acids is 1. The predicted octanol–water partition coefficient (Wildman–Crippen LogP) is 1.78. The minimum atomic E-state index is -0.549. The molecule has 16 heavy (non-hydrogen) atoms. The smallest absolute Gasteiger partial charge is 0.331 e. The highest BCUT2D eigenvalue weighted by Crippen LogP contribution is 2.18. The molecular formula is C12H11NO3. The van der Waals surface area contributed by atoms with E-state index in [0.717, 1.165) is 6.08 Å². The van der Waals surface area contributed by atoms with Gasteiger partial charge in [0, 0.05) is 6.08 Å². The number of hydrogen-bond donors (Lipinski definition) is 0. The van der Waals surface area contributed by atoms with Crippen LogP contribution in [0.2, 0.25) is 0 Å². The first-order valence-electron chi connectivity index (χ1n) is 4.55. The van der Waals surface area contributed by atoms with Gasteiger partial charge in [0.25, 0.3) is 0 Å². The van der Waals surface area contributed by atoms with E-state index in [1.165, 1.54) is 7.11 Å². The molecule has 82 valence electrons. The van der Waals surface area contributed by atoms with Crippen LogP contribution in [0.1, 0.15) is 5.56 Å². The van der Waals surface area contributed by atoms with Crippen molar-refractivity contribution in [1.29, 1.82) is 5.26 Å². The van der Waals surface area contributed by atoms with E-state index < -0.39 is 5.97 Å². The molecule has 0 fully saturated rings. The molecule has 0 atom stereocenters. The largest absolute Gasteiger partial charge is 0.497 e. The minimum Gasteiger partial charge on any atom is -0.497 e. The van der Waals surface area contributed by atoms with Crippen LogP contribution in [0.15, 0.2) is 30.3 Å². The summed E-state index contributed by atoms with van der Waals surface area (Å²) < 4.78 is 9.45. The van der Waals surface area contributed by atoms with Crippen molar-refractivity contribution in [2.75, 3.05) is 14.2 Å². The van der Waals surface area contributed by atoms with Gasteiger partial charge in [0.15, 0.2) is 0 Å². The van der Waals surface area contributed by atoms with Crippen LogP contribution >= 0.6 is 0 Å². The molecule has 0 aromatic heterocycles. The Morgan fingerprint density at radius 1 is 1.31 bits per heavy atom. The number of methoxy groups -OCH3 is 2. The zero-order valence-electron chi connectivity index (χ0n) is 9.06. The van der Waals surface area contributed by atoms with Crippen LogP contribution in [0.5, 0.6) is 5.75 Å². The Bertz CT molecular complexity index is 440. The molecular weight excluding hydrogens is 206 g/mol. The third-order valence-electron chi connectivity index (χ3n) is 1.98. The number of benzene rings is 1. The molecule has 0 spiro atoms. The summed E-state index contributed by atoms with van der Waals surface area (Å²) in [5.74, 6) is 0.145. The number of ether oxygens (including phenoxy) is 2. The second-order valence-corrected chi connectivity index (χ2v) is 2.92. The quantitative estimate of drug-likeness (QED) is 0.440. The Hall–Kier alpha value is -2.28. The fourth-order valence-corrected chi connectivity index (χ4v) is 1.13. The lowest BCUT2D eigenvalue weighted by Crippen LogP contribution is -1.96. The number of allylic oxidation sites excluding steroid dienone is 1. The summed E-state index contributed by atoms with van der Waals surface area (Å²) in [6.07, 6.45) is 1.15. The molecule has 0 saturated heterocycles. The standard InChI is InChI=1S/C12H11NO3/c1-15-11-5-3-9(4-6-11)10(8-13)7-12(14)16-2/h3-7H,1-2H3/b10-7+. The third kappa shape index (κ3) is 2.85.